The van der Waals surface area contributed by atoms with Crippen molar-refractivity contribution < 1.29 is 14.3 Å². The summed E-state index contributed by atoms with van der Waals surface area (Å²) < 4.78 is 11.0. The lowest BCUT2D eigenvalue weighted by atomic mass is 10.0. The van der Waals surface area contributed by atoms with Gasteiger partial charge in [-0.1, -0.05) is 11.8 Å². The lowest BCUT2D eigenvalue weighted by molar-refractivity contribution is 0.102. The number of aromatic nitrogens is 3. The first-order chi connectivity index (χ1) is 11.8. The van der Waals surface area contributed by atoms with Crippen molar-refractivity contribution in [3.05, 3.63) is 35.2 Å². The fraction of sp³-hybridized carbons (Fsp3) is 0.412. The van der Waals surface area contributed by atoms with Crippen molar-refractivity contribution in [3.8, 4) is 11.5 Å². The normalized spacial score (nSPS) is 15.7. The first-order valence-corrected chi connectivity index (χ1v) is 9.06. The quantitative estimate of drug-likeness (QED) is 0.624. The summed E-state index contributed by atoms with van der Waals surface area (Å²) in [5.74, 6) is 1.61. The summed E-state index contributed by atoms with van der Waals surface area (Å²) in [6, 6.07) is 5.29. The van der Waals surface area contributed by atoms with Gasteiger partial charge < -0.3 is 9.47 Å². The van der Waals surface area contributed by atoms with Gasteiger partial charge in [-0.15, -0.1) is 5.10 Å². The van der Waals surface area contributed by atoms with Gasteiger partial charge in [-0.05, 0) is 43.9 Å². The highest BCUT2D eigenvalue weighted by Crippen LogP contribution is 2.31. The second-order valence-electron chi connectivity index (χ2n) is 5.77. The smallest absolute Gasteiger partial charge is 0.209 e. The Labute approximate surface area is 144 Å². The summed E-state index contributed by atoms with van der Waals surface area (Å²) in [6.45, 7) is 1.05. The molecule has 6 nitrogen and oxygen atoms in total. The van der Waals surface area contributed by atoms with E-state index in [1.54, 1.807) is 18.2 Å². The van der Waals surface area contributed by atoms with Crippen LogP contribution in [0.2, 0.25) is 0 Å². The van der Waals surface area contributed by atoms with E-state index in [9.17, 15) is 4.79 Å². The molecule has 0 saturated heterocycles. The number of benzene rings is 1. The van der Waals surface area contributed by atoms with Crippen molar-refractivity contribution in [1.29, 1.82) is 0 Å². The van der Waals surface area contributed by atoms with Crippen LogP contribution in [0, 0.1) is 0 Å². The van der Waals surface area contributed by atoms with E-state index in [1.165, 1.54) is 11.8 Å². The Morgan fingerprint density at radius 2 is 1.83 bits per heavy atom. The summed E-state index contributed by atoms with van der Waals surface area (Å²) in [4.78, 5) is 16.9. The molecule has 0 spiro atoms. The zero-order chi connectivity index (χ0) is 16.4. The fourth-order valence-electron chi connectivity index (χ4n) is 2.83. The highest BCUT2D eigenvalue weighted by molar-refractivity contribution is 7.99. The predicted molar refractivity (Wildman–Crippen MR) is 89.0 cm³/mol. The van der Waals surface area contributed by atoms with Gasteiger partial charge >= 0.3 is 0 Å². The molecule has 1 aromatic heterocycles. The number of hydrogen-bond donors (Lipinski definition) is 0. The van der Waals surface area contributed by atoms with E-state index < -0.39 is 0 Å². The summed E-state index contributed by atoms with van der Waals surface area (Å²) in [7, 11) is 0. The number of Topliss-reactive ketones (excluding diaryl/α,β-unsaturated/α-hetero) is 1. The Hall–Kier alpha value is -2.15. The Kier molecular flexibility index (Phi) is 4.34. The van der Waals surface area contributed by atoms with Crippen LogP contribution in [-0.4, -0.2) is 39.9 Å². The van der Waals surface area contributed by atoms with Gasteiger partial charge in [-0.25, -0.2) is 4.98 Å². The molecule has 0 N–H and O–H groups in total. The largest absolute Gasteiger partial charge is 0.486 e. The molecule has 0 unspecified atom stereocenters. The average molecular weight is 343 g/mol. The molecule has 0 atom stereocenters. The number of nitrogens with zero attached hydrogens (tertiary/aromatic N) is 3. The summed E-state index contributed by atoms with van der Waals surface area (Å²) in [5.41, 5.74) is 2.65. The van der Waals surface area contributed by atoms with Gasteiger partial charge in [-0.3, -0.25) is 4.79 Å². The van der Waals surface area contributed by atoms with Crippen LogP contribution in [0.5, 0.6) is 11.5 Å². The second-order valence-corrected chi connectivity index (χ2v) is 6.71. The Balaban J connectivity index is 1.43. The van der Waals surface area contributed by atoms with E-state index in [4.69, 9.17) is 9.47 Å². The van der Waals surface area contributed by atoms with E-state index >= 15 is 0 Å². The maximum Gasteiger partial charge on any atom is 0.209 e. The minimum atomic E-state index is 0.0123. The van der Waals surface area contributed by atoms with E-state index in [0.717, 1.165) is 37.1 Å². The molecule has 0 fully saturated rings. The first-order valence-electron chi connectivity index (χ1n) is 8.08. The van der Waals surface area contributed by atoms with Crippen LogP contribution in [-0.2, 0) is 12.8 Å². The van der Waals surface area contributed by atoms with Crippen LogP contribution < -0.4 is 9.47 Å². The van der Waals surface area contributed by atoms with Crippen LogP contribution in [0.25, 0.3) is 0 Å². The number of carbonyl (C=O) groups excluding carboxylic acids is 1. The molecule has 1 aliphatic heterocycles. The molecule has 0 amide bonds. The van der Waals surface area contributed by atoms with E-state index in [2.05, 4.69) is 15.2 Å². The molecule has 1 aliphatic carbocycles. The van der Waals surface area contributed by atoms with E-state index in [-0.39, 0.29) is 11.5 Å². The zero-order valence-electron chi connectivity index (χ0n) is 13.2. The van der Waals surface area contributed by atoms with Crippen molar-refractivity contribution in [1.82, 2.24) is 15.2 Å². The van der Waals surface area contributed by atoms with Crippen molar-refractivity contribution in [2.24, 2.45) is 0 Å². The number of aryl methyl sites for hydroxylation is 2. The number of rotatable bonds is 4. The molecule has 0 saturated carbocycles. The summed E-state index contributed by atoms with van der Waals surface area (Å²) in [5, 5.41) is 8.95. The third kappa shape index (κ3) is 3.21. The highest BCUT2D eigenvalue weighted by Gasteiger charge is 2.17. The van der Waals surface area contributed by atoms with Gasteiger partial charge in [0.25, 0.3) is 0 Å². The SMILES string of the molecule is O=C(CSc1nnc2c(n1)CCCC2)c1ccc2c(c1)OCCO2. The maximum atomic E-state index is 12.4. The van der Waals surface area contributed by atoms with Crippen molar-refractivity contribution in [3.63, 3.8) is 0 Å². The fourth-order valence-corrected chi connectivity index (χ4v) is 3.53. The van der Waals surface area contributed by atoms with Crippen molar-refractivity contribution in [2.75, 3.05) is 19.0 Å². The van der Waals surface area contributed by atoms with E-state index in [0.29, 0.717) is 35.4 Å². The first kappa shape index (κ1) is 15.4. The van der Waals surface area contributed by atoms with Gasteiger partial charge in [0.2, 0.25) is 5.16 Å². The average Bonchev–Trinajstić information content (AvgIpc) is 2.65. The molecule has 7 heteroatoms. The number of ether oxygens (including phenoxy) is 2. The molecular weight excluding hydrogens is 326 g/mol. The third-order valence-corrected chi connectivity index (χ3v) is 4.93. The minimum Gasteiger partial charge on any atom is -0.486 e. The van der Waals surface area contributed by atoms with Gasteiger partial charge in [0, 0.05) is 5.56 Å². The van der Waals surface area contributed by atoms with Gasteiger partial charge in [0.15, 0.2) is 17.3 Å². The molecular formula is C17H17N3O3S. The molecule has 2 aliphatic rings. The van der Waals surface area contributed by atoms with Crippen LogP contribution in [0.4, 0.5) is 0 Å². The lowest BCUT2D eigenvalue weighted by Crippen LogP contribution is -2.16. The molecule has 2 heterocycles. The molecule has 24 heavy (non-hydrogen) atoms. The maximum absolute atomic E-state index is 12.4. The second kappa shape index (κ2) is 6.76. The lowest BCUT2D eigenvalue weighted by Gasteiger charge is -2.18. The molecule has 0 bridgehead atoms. The van der Waals surface area contributed by atoms with Gasteiger partial charge in [0.05, 0.1) is 17.1 Å². The number of ketones is 1. The molecule has 0 radical (unpaired) electrons. The number of thioether (sulfide) groups is 1. The van der Waals surface area contributed by atoms with Gasteiger partial charge in [0.1, 0.15) is 13.2 Å². The van der Waals surface area contributed by atoms with Crippen LogP contribution in [0.3, 0.4) is 0 Å². The van der Waals surface area contributed by atoms with Crippen LogP contribution in [0.15, 0.2) is 23.4 Å². The Morgan fingerprint density at radius 3 is 2.71 bits per heavy atom. The van der Waals surface area contributed by atoms with Crippen LogP contribution in [0.1, 0.15) is 34.6 Å². The van der Waals surface area contributed by atoms with E-state index in [1.807, 2.05) is 0 Å². The number of carbonyl (C=O) groups is 1. The third-order valence-electron chi connectivity index (χ3n) is 4.09. The monoisotopic (exact) mass is 343 g/mol. The molecule has 124 valence electrons. The standard InChI is InChI=1S/C17H17N3O3S/c21-14(11-5-6-15-16(9-11)23-8-7-22-15)10-24-17-18-12-3-1-2-4-13(12)19-20-17/h5-6,9H,1-4,7-8,10H2. The minimum absolute atomic E-state index is 0.0123. The Bertz CT molecular complexity index is 782. The van der Waals surface area contributed by atoms with Crippen molar-refractivity contribution >= 4 is 17.5 Å². The Morgan fingerprint density at radius 1 is 1.04 bits per heavy atom. The molecule has 1 aromatic carbocycles. The summed E-state index contributed by atoms with van der Waals surface area (Å²) >= 11 is 1.33. The zero-order valence-corrected chi connectivity index (χ0v) is 14.0. The van der Waals surface area contributed by atoms with Crippen molar-refractivity contribution in [2.45, 2.75) is 30.8 Å². The predicted octanol–water partition coefficient (Wildman–Crippen LogP) is 2.50. The van der Waals surface area contributed by atoms with Crippen LogP contribution >= 0.6 is 11.8 Å². The topological polar surface area (TPSA) is 74.2 Å². The highest BCUT2D eigenvalue weighted by atomic mass is 32.2. The molecule has 2 aromatic rings. The number of hydrogen-bond acceptors (Lipinski definition) is 7. The number of fused-ring (bicyclic) bond motifs is 2. The molecule has 4 rings (SSSR count). The summed E-state index contributed by atoms with van der Waals surface area (Å²) in [6.07, 6.45) is 4.20. The van der Waals surface area contributed by atoms with Gasteiger partial charge in [-0.2, -0.15) is 5.10 Å².